The molecule has 42 heavy (non-hydrogen) atoms. The van der Waals surface area contributed by atoms with Crippen LogP contribution in [0.3, 0.4) is 0 Å². The van der Waals surface area contributed by atoms with Crippen LogP contribution in [0.2, 0.25) is 0 Å². The number of aliphatic hydroxyl groups excluding tert-OH is 1. The van der Waals surface area contributed by atoms with Crippen molar-refractivity contribution >= 4 is 0 Å². The fourth-order valence-corrected chi connectivity index (χ4v) is 5.88. The van der Waals surface area contributed by atoms with Crippen molar-refractivity contribution in [2.45, 2.75) is 88.2 Å². The minimum absolute atomic E-state index is 0.0232. The van der Waals surface area contributed by atoms with E-state index in [9.17, 15) is 35.8 Å². The smallest absolute Gasteiger partial charge is 0.392 e. The van der Waals surface area contributed by atoms with Crippen LogP contribution in [-0.4, -0.2) is 44.7 Å². The number of rotatable bonds is 6. The SMILES string of the molecule is CC(O)C1CCC(c2nnc3n2C[C@H](c2ccc(F)cc2)[C@@H](O[C@H](C)c2cc(C(F)(F)F)cc(C(F)(F)F)c2)C3)CN1. The summed E-state index contributed by atoms with van der Waals surface area (Å²) in [5.41, 5.74) is -2.38. The highest BCUT2D eigenvalue weighted by Crippen LogP contribution is 2.40. The normalized spacial score (nSPS) is 24.7. The van der Waals surface area contributed by atoms with Gasteiger partial charge < -0.3 is 19.7 Å². The number of nitrogens with one attached hydrogen (secondary N) is 1. The van der Waals surface area contributed by atoms with Gasteiger partial charge in [-0.25, -0.2) is 4.39 Å². The Bertz CT molecular complexity index is 1350. The van der Waals surface area contributed by atoms with E-state index in [1.807, 2.05) is 4.57 Å². The molecule has 0 amide bonds. The average molecular weight is 601 g/mol. The zero-order valence-corrected chi connectivity index (χ0v) is 22.9. The van der Waals surface area contributed by atoms with Gasteiger partial charge in [0.2, 0.25) is 0 Å². The molecule has 0 bridgehead atoms. The number of fused-ring (bicyclic) bond motifs is 1. The summed E-state index contributed by atoms with van der Waals surface area (Å²) in [4.78, 5) is 0. The highest BCUT2D eigenvalue weighted by atomic mass is 19.4. The fourth-order valence-electron chi connectivity index (χ4n) is 5.88. The van der Waals surface area contributed by atoms with Gasteiger partial charge in [-0.2, -0.15) is 26.3 Å². The van der Waals surface area contributed by atoms with Crippen molar-refractivity contribution in [3.8, 4) is 0 Å². The van der Waals surface area contributed by atoms with E-state index < -0.39 is 53.5 Å². The Kier molecular flexibility index (Phi) is 8.38. The summed E-state index contributed by atoms with van der Waals surface area (Å²) in [5.74, 6) is 0.490. The van der Waals surface area contributed by atoms with E-state index in [2.05, 4.69) is 15.5 Å². The first-order valence-electron chi connectivity index (χ1n) is 13.7. The van der Waals surface area contributed by atoms with Gasteiger partial charge in [-0.1, -0.05) is 12.1 Å². The van der Waals surface area contributed by atoms with Gasteiger partial charge >= 0.3 is 12.4 Å². The Labute approximate surface area is 237 Å². The molecular formula is C29H31F7N4O2. The lowest BCUT2D eigenvalue weighted by atomic mass is 9.87. The number of aromatic nitrogens is 3. The largest absolute Gasteiger partial charge is 0.416 e. The number of hydrogen-bond donors (Lipinski definition) is 2. The zero-order valence-electron chi connectivity index (χ0n) is 22.9. The molecule has 1 saturated heterocycles. The van der Waals surface area contributed by atoms with Crippen LogP contribution in [0.15, 0.2) is 42.5 Å². The van der Waals surface area contributed by atoms with E-state index >= 15 is 0 Å². The second-order valence-electron chi connectivity index (χ2n) is 11.1. The summed E-state index contributed by atoms with van der Waals surface area (Å²) in [6, 6.07) is 7.19. The molecule has 2 aromatic carbocycles. The van der Waals surface area contributed by atoms with Gasteiger partial charge in [0.25, 0.3) is 0 Å². The predicted molar refractivity (Wildman–Crippen MR) is 138 cm³/mol. The van der Waals surface area contributed by atoms with E-state index in [0.29, 0.717) is 36.6 Å². The van der Waals surface area contributed by atoms with Crippen LogP contribution in [0.1, 0.15) is 78.5 Å². The number of nitrogens with zero attached hydrogens (tertiary/aromatic N) is 3. The lowest BCUT2D eigenvalue weighted by molar-refractivity contribution is -0.143. The number of ether oxygens (including phenoxy) is 1. The predicted octanol–water partition coefficient (Wildman–Crippen LogP) is 6.16. The van der Waals surface area contributed by atoms with Crippen molar-refractivity contribution < 1.29 is 40.6 Å². The van der Waals surface area contributed by atoms with Gasteiger partial charge in [0.05, 0.1) is 29.4 Å². The quantitative estimate of drug-likeness (QED) is 0.332. The molecule has 2 aliphatic rings. The Morgan fingerprint density at radius 1 is 0.952 bits per heavy atom. The van der Waals surface area contributed by atoms with Crippen molar-refractivity contribution in [3.05, 3.63) is 82.2 Å². The summed E-state index contributed by atoms with van der Waals surface area (Å²) in [7, 11) is 0. The van der Waals surface area contributed by atoms with Gasteiger partial charge in [-0.05, 0) is 68.1 Å². The number of hydrogen-bond acceptors (Lipinski definition) is 5. The third-order valence-electron chi connectivity index (χ3n) is 8.22. The Balaban J connectivity index is 1.45. The lowest BCUT2D eigenvalue weighted by Gasteiger charge is -2.36. The number of benzene rings is 2. The monoisotopic (exact) mass is 600 g/mol. The Hall–Kier alpha value is -3.03. The molecule has 0 radical (unpaired) electrons. The van der Waals surface area contributed by atoms with Crippen LogP contribution in [0, 0.1) is 5.82 Å². The molecule has 2 N–H and O–H groups in total. The molecule has 0 saturated carbocycles. The van der Waals surface area contributed by atoms with Gasteiger partial charge in [0.15, 0.2) is 0 Å². The van der Waals surface area contributed by atoms with Crippen LogP contribution < -0.4 is 5.32 Å². The first-order valence-corrected chi connectivity index (χ1v) is 13.7. The van der Waals surface area contributed by atoms with Crippen LogP contribution in [0.5, 0.6) is 0 Å². The van der Waals surface area contributed by atoms with E-state index in [0.717, 1.165) is 18.7 Å². The molecule has 6 atom stereocenters. The topological polar surface area (TPSA) is 72.2 Å². The average Bonchev–Trinajstić information content (AvgIpc) is 3.34. The number of piperidine rings is 1. The first-order chi connectivity index (χ1) is 19.7. The van der Waals surface area contributed by atoms with Crippen LogP contribution >= 0.6 is 0 Å². The van der Waals surface area contributed by atoms with Gasteiger partial charge in [-0.3, -0.25) is 0 Å². The van der Waals surface area contributed by atoms with Crippen molar-refractivity contribution in [2.75, 3.05) is 6.54 Å². The van der Waals surface area contributed by atoms with Crippen molar-refractivity contribution in [3.63, 3.8) is 0 Å². The molecule has 2 aliphatic heterocycles. The molecule has 3 heterocycles. The summed E-state index contributed by atoms with van der Waals surface area (Å²) in [6.07, 6.45) is -10.6. The second kappa shape index (κ2) is 11.6. The molecule has 0 aliphatic carbocycles. The maximum atomic E-state index is 13.8. The van der Waals surface area contributed by atoms with Gasteiger partial charge in [0.1, 0.15) is 17.5 Å². The summed E-state index contributed by atoms with van der Waals surface area (Å²) < 4.78 is 103. The second-order valence-corrected chi connectivity index (χ2v) is 11.1. The first kappa shape index (κ1) is 30.4. The molecule has 1 aromatic heterocycles. The highest BCUT2D eigenvalue weighted by Gasteiger charge is 2.40. The molecule has 5 rings (SSSR count). The lowest BCUT2D eigenvalue weighted by Crippen LogP contribution is -2.45. The third-order valence-corrected chi connectivity index (χ3v) is 8.22. The maximum absolute atomic E-state index is 13.8. The van der Waals surface area contributed by atoms with Crippen LogP contribution in [0.4, 0.5) is 30.7 Å². The van der Waals surface area contributed by atoms with E-state index in [1.54, 1.807) is 19.1 Å². The number of alkyl halides is 6. The van der Waals surface area contributed by atoms with Crippen LogP contribution in [0.25, 0.3) is 0 Å². The molecule has 0 spiro atoms. The molecule has 3 aromatic rings. The molecule has 3 unspecified atom stereocenters. The van der Waals surface area contributed by atoms with E-state index in [-0.39, 0.29) is 30.0 Å². The van der Waals surface area contributed by atoms with Gasteiger partial charge in [-0.15, -0.1) is 10.2 Å². The highest BCUT2D eigenvalue weighted by molar-refractivity contribution is 5.35. The van der Waals surface area contributed by atoms with Crippen molar-refractivity contribution in [1.29, 1.82) is 0 Å². The van der Waals surface area contributed by atoms with E-state index in [1.165, 1.54) is 19.1 Å². The number of aliphatic hydroxyl groups is 1. The Morgan fingerprint density at radius 2 is 1.60 bits per heavy atom. The molecule has 1 fully saturated rings. The van der Waals surface area contributed by atoms with Gasteiger partial charge in [0, 0.05) is 37.4 Å². The Morgan fingerprint density at radius 3 is 2.14 bits per heavy atom. The summed E-state index contributed by atoms with van der Waals surface area (Å²) >= 11 is 0. The minimum Gasteiger partial charge on any atom is -0.392 e. The summed E-state index contributed by atoms with van der Waals surface area (Å²) in [6.45, 7) is 4.05. The van der Waals surface area contributed by atoms with Crippen molar-refractivity contribution in [1.82, 2.24) is 20.1 Å². The summed E-state index contributed by atoms with van der Waals surface area (Å²) in [5, 5.41) is 22.0. The van der Waals surface area contributed by atoms with Crippen LogP contribution in [-0.2, 0) is 30.1 Å². The fraction of sp³-hybridized carbons (Fsp3) is 0.517. The molecule has 6 nitrogen and oxygen atoms in total. The standard InChI is InChI=1S/C29H31F7N4O2/c1-15(41)24-8-5-18(13-37-24)27-39-38-26-12-25(23(14-40(26)27)17-3-6-22(30)7-4-17)42-16(2)19-9-20(28(31,32)33)11-21(10-19)29(34,35)36/h3-4,6-7,9-11,15-16,18,23-25,37,41H,5,8,12-14H2,1-2H3/t15?,16-,18?,23-,24?,25+/m1/s1. The minimum atomic E-state index is -4.98. The third kappa shape index (κ3) is 6.47. The maximum Gasteiger partial charge on any atom is 0.416 e. The molecule has 228 valence electrons. The zero-order chi connectivity index (χ0) is 30.4. The van der Waals surface area contributed by atoms with Crippen molar-refractivity contribution in [2.24, 2.45) is 0 Å². The molecule has 13 heteroatoms. The number of halogens is 7. The van der Waals surface area contributed by atoms with E-state index in [4.69, 9.17) is 4.74 Å². The molecular weight excluding hydrogens is 569 g/mol.